The van der Waals surface area contributed by atoms with E-state index in [-0.39, 0.29) is 11.9 Å². The van der Waals surface area contributed by atoms with Crippen molar-refractivity contribution in [3.63, 3.8) is 0 Å². The molecule has 2 amide bonds. The minimum absolute atomic E-state index is 0.0112. The molecule has 35 heavy (non-hydrogen) atoms. The molecular formula is C28H33N5O2. The Morgan fingerprint density at radius 3 is 2.40 bits per heavy atom. The molecule has 2 heterocycles. The topological polar surface area (TPSA) is 100 Å². The van der Waals surface area contributed by atoms with Gasteiger partial charge in [0.2, 0.25) is 5.91 Å². The molecule has 7 nitrogen and oxygen atoms in total. The second-order valence-corrected chi connectivity index (χ2v) is 9.01. The van der Waals surface area contributed by atoms with Crippen LogP contribution in [0, 0.1) is 0 Å². The highest BCUT2D eigenvalue weighted by molar-refractivity contribution is 5.98. The third-order valence-corrected chi connectivity index (χ3v) is 6.65. The zero-order chi connectivity index (χ0) is 24.8. The van der Waals surface area contributed by atoms with E-state index < -0.39 is 5.91 Å². The van der Waals surface area contributed by atoms with Gasteiger partial charge < -0.3 is 21.3 Å². The van der Waals surface area contributed by atoms with E-state index in [4.69, 9.17) is 5.73 Å². The molecule has 1 atom stereocenters. The number of anilines is 3. The van der Waals surface area contributed by atoms with Gasteiger partial charge in [0.15, 0.2) is 0 Å². The van der Waals surface area contributed by atoms with Crippen LogP contribution in [0.1, 0.15) is 66.6 Å². The van der Waals surface area contributed by atoms with Crippen molar-refractivity contribution in [2.45, 2.75) is 45.1 Å². The minimum Gasteiger partial charge on any atom is -0.378 e. The van der Waals surface area contributed by atoms with Crippen LogP contribution in [0.25, 0.3) is 0 Å². The van der Waals surface area contributed by atoms with Gasteiger partial charge in [-0.15, -0.1) is 0 Å². The third-order valence-electron chi connectivity index (χ3n) is 6.65. The number of hydrogen-bond donors (Lipinski definition) is 3. The van der Waals surface area contributed by atoms with E-state index in [2.05, 4.69) is 27.8 Å². The SMILES string of the molecule is CCC(=O)N1CCC(c2ccc(Nc3cc(NC(C)c4ccccc4)c(C(N)=O)cn3)cc2)CC1. The van der Waals surface area contributed by atoms with E-state index in [0.29, 0.717) is 29.4 Å². The molecule has 1 unspecified atom stereocenters. The molecule has 7 heteroatoms. The first-order valence-electron chi connectivity index (χ1n) is 12.2. The molecule has 1 fully saturated rings. The molecule has 4 N–H and O–H groups in total. The summed E-state index contributed by atoms with van der Waals surface area (Å²) in [6, 6.07) is 20.2. The zero-order valence-electron chi connectivity index (χ0n) is 20.3. The number of piperidine rings is 1. The number of rotatable bonds is 8. The number of carbonyl (C=O) groups excluding carboxylic acids is 2. The number of primary amides is 1. The maximum absolute atomic E-state index is 12.0. The van der Waals surface area contributed by atoms with Crippen molar-refractivity contribution in [3.05, 3.63) is 83.6 Å². The Morgan fingerprint density at radius 1 is 1.09 bits per heavy atom. The summed E-state index contributed by atoms with van der Waals surface area (Å²) in [6.45, 7) is 5.60. The van der Waals surface area contributed by atoms with Gasteiger partial charge in [-0.05, 0) is 48.9 Å². The number of likely N-dealkylation sites (tertiary alicyclic amines) is 1. The van der Waals surface area contributed by atoms with Crippen LogP contribution >= 0.6 is 0 Å². The summed E-state index contributed by atoms with van der Waals surface area (Å²) in [6.07, 6.45) is 4.05. The fourth-order valence-electron chi connectivity index (χ4n) is 4.57. The number of aromatic nitrogens is 1. The van der Waals surface area contributed by atoms with Gasteiger partial charge in [-0.25, -0.2) is 4.98 Å². The molecule has 1 saturated heterocycles. The summed E-state index contributed by atoms with van der Waals surface area (Å²) in [5.41, 5.74) is 9.88. The van der Waals surface area contributed by atoms with Crippen molar-refractivity contribution in [3.8, 4) is 0 Å². The summed E-state index contributed by atoms with van der Waals surface area (Å²) < 4.78 is 0. The number of carbonyl (C=O) groups is 2. The Hall–Kier alpha value is -3.87. The van der Waals surface area contributed by atoms with E-state index in [1.165, 1.54) is 11.8 Å². The van der Waals surface area contributed by atoms with E-state index in [1.807, 2.05) is 67.3 Å². The van der Waals surface area contributed by atoms with Crippen molar-refractivity contribution < 1.29 is 9.59 Å². The van der Waals surface area contributed by atoms with Gasteiger partial charge >= 0.3 is 0 Å². The highest BCUT2D eigenvalue weighted by atomic mass is 16.2. The Balaban J connectivity index is 1.44. The molecule has 0 radical (unpaired) electrons. The van der Waals surface area contributed by atoms with Crippen LogP contribution < -0.4 is 16.4 Å². The minimum atomic E-state index is -0.525. The molecule has 0 spiro atoms. The molecule has 1 aliphatic rings. The van der Waals surface area contributed by atoms with Crippen molar-refractivity contribution in [1.82, 2.24) is 9.88 Å². The van der Waals surface area contributed by atoms with Gasteiger partial charge in [-0.1, -0.05) is 49.4 Å². The zero-order valence-corrected chi connectivity index (χ0v) is 20.3. The normalized spacial score (nSPS) is 14.9. The van der Waals surface area contributed by atoms with E-state index in [0.717, 1.165) is 37.2 Å². The summed E-state index contributed by atoms with van der Waals surface area (Å²) in [7, 11) is 0. The Bertz CT molecular complexity index is 1160. The van der Waals surface area contributed by atoms with Gasteiger partial charge in [-0.3, -0.25) is 9.59 Å². The number of nitrogens with zero attached hydrogens (tertiary/aromatic N) is 2. The van der Waals surface area contributed by atoms with Crippen LogP contribution in [-0.2, 0) is 4.79 Å². The van der Waals surface area contributed by atoms with Crippen LogP contribution in [-0.4, -0.2) is 34.8 Å². The Kier molecular flexibility index (Phi) is 7.65. The molecule has 0 bridgehead atoms. The van der Waals surface area contributed by atoms with Gasteiger partial charge in [0.05, 0.1) is 11.3 Å². The Morgan fingerprint density at radius 2 is 1.77 bits per heavy atom. The molecule has 2 aromatic carbocycles. The highest BCUT2D eigenvalue weighted by Gasteiger charge is 2.23. The molecule has 4 rings (SSSR count). The lowest BCUT2D eigenvalue weighted by Gasteiger charge is -2.32. The lowest BCUT2D eigenvalue weighted by molar-refractivity contribution is -0.131. The highest BCUT2D eigenvalue weighted by Crippen LogP contribution is 2.30. The molecule has 3 aromatic rings. The van der Waals surface area contributed by atoms with Gasteiger partial charge in [0.25, 0.3) is 5.91 Å². The van der Waals surface area contributed by atoms with Crippen molar-refractivity contribution in [2.75, 3.05) is 23.7 Å². The fourth-order valence-corrected chi connectivity index (χ4v) is 4.57. The molecule has 1 aromatic heterocycles. The van der Waals surface area contributed by atoms with Gasteiger partial charge in [0.1, 0.15) is 5.82 Å². The third kappa shape index (κ3) is 5.98. The quantitative estimate of drug-likeness (QED) is 0.419. The molecule has 182 valence electrons. The van der Waals surface area contributed by atoms with E-state index in [1.54, 1.807) is 0 Å². The van der Waals surface area contributed by atoms with E-state index in [9.17, 15) is 9.59 Å². The number of benzene rings is 2. The average Bonchev–Trinajstić information content (AvgIpc) is 2.89. The van der Waals surface area contributed by atoms with Crippen molar-refractivity contribution in [2.24, 2.45) is 5.73 Å². The number of hydrogen-bond acceptors (Lipinski definition) is 5. The maximum Gasteiger partial charge on any atom is 0.252 e. The Labute approximate surface area is 206 Å². The summed E-state index contributed by atoms with van der Waals surface area (Å²) >= 11 is 0. The molecule has 0 saturated carbocycles. The van der Waals surface area contributed by atoms with Crippen LogP contribution in [0.2, 0.25) is 0 Å². The maximum atomic E-state index is 12.0. The monoisotopic (exact) mass is 471 g/mol. The fraction of sp³-hybridized carbons (Fsp3) is 0.321. The van der Waals surface area contributed by atoms with E-state index >= 15 is 0 Å². The number of pyridine rings is 1. The largest absolute Gasteiger partial charge is 0.378 e. The standard InChI is InChI=1S/C28H33N5O2/c1-3-27(34)33-15-13-22(14-16-33)21-9-11-23(12-10-21)32-26-17-25(24(18-30-26)28(29)35)31-19(2)20-7-5-4-6-8-20/h4-12,17-19,22H,3,13-16H2,1-2H3,(H2,29,35)(H2,30,31,32). The summed E-state index contributed by atoms with van der Waals surface area (Å²) in [5, 5.41) is 6.72. The first-order valence-corrected chi connectivity index (χ1v) is 12.2. The van der Waals surface area contributed by atoms with Gasteiger partial charge in [0, 0.05) is 43.5 Å². The lowest BCUT2D eigenvalue weighted by atomic mass is 9.89. The summed E-state index contributed by atoms with van der Waals surface area (Å²) in [5.74, 6) is 0.804. The lowest BCUT2D eigenvalue weighted by Crippen LogP contribution is -2.37. The average molecular weight is 472 g/mol. The van der Waals surface area contributed by atoms with Gasteiger partial charge in [-0.2, -0.15) is 0 Å². The number of nitrogens with one attached hydrogen (secondary N) is 2. The first kappa shape index (κ1) is 24.3. The second kappa shape index (κ2) is 11.0. The second-order valence-electron chi connectivity index (χ2n) is 9.01. The van der Waals surface area contributed by atoms with Crippen molar-refractivity contribution >= 4 is 29.0 Å². The molecule has 0 aliphatic carbocycles. The number of amides is 2. The number of nitrogens with two attached hydrogens (primary N) is 1. The smallest absolute Gasteiger partial charge is 0.252 e. The van der Waals surface area contributed by atoms with Crippen LogP contribution in [0.5, 0.6) is 0 Å². The van der Waals surface area contributed by atoms with Crippen molar-refractivity contribution in [1.29, 1.82) is 0 Å². The predicted molar refractivity (Wildman–Crippen MR) is 140 cm³/mol. The summed E-state index contributed by atoms with van der Waals surface area (Å²) in [4.78, 5) is 30.3. The molecule has 1 aliphatic heterocycles. The van der Waals surface area contributed by atoms with Crippen LogP contribution in [0.4, 0.5) is 17.2 Å². The molecular weight excluding hydrogens is 438 g/mol. The van der Waals surface area contributed by atoms with Crippen LogP contribution in [0.15, 0.2) is 66.9 Å². The first-order chi connectivity index (χ1) is 16.9. The van der Waals surface area contributed by atoms with Crippen LogP contribution in [0.3, 0.4) is 0 Å². The predicted octanol–water partition coefficient (Wildman–Crippen LogP) is 5.21.